The fourth-order valence-corrected chi connectivity index (χ4v) is 2.79. The molecule has 0 saturated heterocycles. The first kappa shape index (κ1) is 13.8. The number of nitrogens with zero attached hydrogens (tertiary/aromatic N) is 2. The number of nitrogens with one attached hydrogen (secondary N) is 1. The summed E-state index contributed by atoms with van der Waals surface area (Å²) < 4.78 is 1.96. The zero-order valence-electron chi connectivity index (χ0n) is 12.0. The molecular weight excluding hydrogens is 268 g/mol. The normalized spacial score (nSPS) is 11.6. The van der Waals surface area contributed by atoms with E-state index in [4.69, 9.17) is 15.9 Å². The number of hydrogen-bond donors (Lipinski definition) is 4. The molecule has 0 spiro atoms. The van der Waals surface area contributed by atoms with Crippen LogP contribution in [0.4, 0.5) is 11.6 Å². The molecule has 0 amide bonds. The molecule has 2 aromatic heterocycles. The lowest BCUT2D eigenvalue weighted by Gasteiger charge is -2.20. The van der Waals surface area contributed by atoms with Crippen LogP contribution in [0.15, 0.2) is 24.3 Å². The maximum absolute atomic E-state index is 9.15. The molecule has 0 aliphatic heterocycles. The Morgan fingerprint density at radius 3 is 2.52 bits per heavy atom. The predicted molar refractivity (Wildman–Crippen MR) is 85.6 cm³/mol. The van der Waals surface area contributed by atoms with Crippen molar-refractivity contribution in [2.24, 2.45) is 7.05 Å². The predicted octanol–water partition coefficient (Wildman–Crippen LogP) is 1.03. The van der Waals surface area contributed by atoms with E-state index in [1.54, 1.807) is 0 Å². The van der Waals surface area contributed by atoms with E-state index in [0.717, 1.165) is 33.4 Å². The Labute approximate surface area is 122 Å². The number of rotatable bonds is 5. The molecular formula is C15H20N4O2. The van der Waals surface area contributed by atoms with Crippen molar-refractivity contribution in [1.82, 2.24) is 9.55 Å². The molecule has 2 heterocycles. The Morgan fingerprint density at radius 1 is 1.14 bits per heavy atom. The molecule has 6 heteroatoms. The van der Waals surface area contributed by atoms with Gasteiger partial charge in [-0.05, 0) is 24.3 Å². The number of aliphatic hydroxyl groups excluding tert-OH is 2. The molecule has 3 aromatic rings. The van der Waals surface area contributed by atoms with Crippen LogP contribution in [0, 0.1) is 0 Å². The van der Waals surface area contributed by atoms with Gasteiger partial charge < -0.3 is 30.4 Å². The number of nitrogens with two attached hydrogens (primary N) is 1. The van der Waals surface area contributed by atoms with E-state index in [1.807, 2.05) is 40.8 Å². The third kappa shape index (κ3) is 2.22. The second kappa shape index (κ2) is 5.31. The highest BCUT2D eigenvalue weighted by Crippen LogP contribution is 2.31. The Bertz CT molecular complexity index is 769. The molecule has 0 fully saturated rings. The summed E-state index contributed by atoms with van der Waals surface area (Å²) in [5, 5.41) is 20.5. The first-order chi connectivity index (χ1) is 10.2. The summed E-state index contributed by atoms with van der Waals surface area (Å²) in [7, 11) is 1.95. The third-order valence-electron chi connectivity index (χ3n) is 3.93. The monoisotopic (exact) mass is 288 g/mol. The molecule has 3 rings (SSSR count). The zero-order chi connectivity index (χ0) is 15.0. The highest BCUT2D eigenvalue weighted by atomic mass is 16.3. The lowest BCUT2D eigenvalue weighted by molar-refractivity contribution is 0.281. The average molecular weight is 288 g/mol. The lowest BCUT2D eigenvalue weighted by atomic mass is 10.1. The number of aromatic amines is 1. The van der Waals surface area contributed by atoms with Crippen LogP contribution < -0.4 is 10.6 Å². The van der Waals surface area contributed by atoms with Crippen LogP contribution in [-0.2, 0) is 7.05 Å². The molecule has 0 aliphatic rings. The molecule has 5 N–H and O–H groups in total. The Balaban J connectivity index is 2.14. The minimum atomic E-state index is 0.0447. The van der Waals surface area contributed by atoms with Crippen LogP contribution in [0.5, 0.6) is 0 Å². The van der Waals surface area contributed by atoms with Crippen molar-refractivity contribution in [2.75, 3.05) is 36.9 Å². The standard InChI is InChI=1S/C15H20N4O2/c1-18-13-3-2-12-10(11(13)8-14(18)16)9-15(17-12)19(4-6-20)5-7-21/h2-3,8-9,17,20-21H,4-7,16H2,1H3. The van der Waals surface area contributed by atoms with E-state index >= 15 is 0 Å². The van der Waals surface area contributed by atoms with E-state index in [2.05, 4.69) is 4.98 Å². The highest BCUT2D eigenvalue weighted by molar-refractivity contribution is 6.08. The van der Waals surface area contributed by atoms with Gasteiger partial charge in [0.1, 0.15) is 11.6 Å². The van der Waals surface area contributed by atoms with Crippen molar-refractivity contribution in [3.8, 4) is 0 Å². The number of benzene rings is 1. The van der Waals surface area contributed by atoms with Crippen LogP contribution in [0.25, 0.3) is 21.8 Å². The van der Waals surface area contributed by atoms with Gasteiger partial charge >= 0.3 is 0 Å². The second-order valence-corrected chi connectivity index (χ2v) is 5.18. The van der Waals surface area contributed by atoms with Crippen molar-refractivity contribution in [3.63, 3.8) is 0 Å². The number of aliphatic hydroxyl groups is 2. The second-order valence-electron chi connectivity index (χ2n) is 5.18. The van der Waals surface area contributed by atoms with Crippen LogP contribution >= 0.6 is 0 Å². The van der Waals surface area contributed by atoms with Gasteiger partial charge in [-0.2, -0.15) is 0 Å². The van der Waals surface area contributed by atoms with Crippen molar-refractivity contribution < 1.29 is 10.2 Å². The van der Waals surface area contributed by atoms with Gasteiger partial charge in [0.05, 0.1) is 18.7 Å². The van der Waals surface area contributed by atoms with E-state index < -0.39 is 0 Å². The van der Waals surface area contributed by atoms with E-state index in [-0.39, 0.29) is 13.2 Å². The molecule has 1 aromatic carbocycles. The summed E-state index contributed by atoms with van der Waals surface area (Å²) in [6, 6.07) is 8.08. The molecule has 0 atom stereocenters. The van der Waals surface area contributed by atoms with Crippen molar-refractivity contribution in [3.05, 3.63) is 24.3 Å². The number of fused-ring (bicyclic) bond motifs is 3. The Kier molecular flexibility index (Phi) is 3.48. The number of aryl methyl sites for hydroxylation is 1. The number of nitrogen functional groups attached to an aromatic ring is 1. The van der Waals surface area contributed by atoms with Crippen molar-refractivity contribution >= 4 is 33.4 Å². The lowest BCUT2D eigenvalue weighted by Crippen LogP contribution is -2.29. The summed E-state index contributed by atoms with van der Waals surface area (Å²) in [6.07, 6.45) is 0. The molecule has 112 valence electrons. The molecule has 0 bridgehead atoms. The number of aromatic nitrogens is 2. The van der Waals surface area contributed by atoms with E-state index in [1.165, 1.54) is 0 Å². The summed E-state index contributed by atoms with van der Waals surface area (Å²) >= 11 is 0. The first-order valence-corrected chi connectivity index (χ1v) is 6.99. The molecule has 0 unspecified atom stereocenters. The smallest absolute Gasteiger partial charge is 0.107 e. The summed E-state index contributed by atoms with van der Waals surface area (Å²) in [4.78, 5) is 5.27. The highest BCUT2D eigenvalue weighted by Gasteiger charge is 2.12. The van der Waals surface area contributed by atoms with Gasteiger partial charge in [0, 0.05) is 36.4 Å². The number of hydrogen-bond acceptors (Lipinski definition) is 4. The average Bonchev–Trinajstić information content (AvgIpc) is 3.01. The van der Waals surface area contributed by atoms with Gasteiger partial charge in [0.15, 0.2) is 0 Å². The topological polar surface area (TPSA) is 90.4 Å². The van der Waals surface area contributed by atoms with E-state index in [0.29, 0.717) is 13.1 Å². The molecule has 21 heavy (non-hydrogen) atoms. The SMILES string of the molecule is Cn1c(N)cc2c3cc(N(CCO)CCO)[nH]c3ccc21. The zero-order valence-corrected chi connectivity index (χ0v) is 12.0. The van der Waals surface area contributed by atoms with Crippen LogP contribution in [0.2, 0.25) is 0 Å². The Hall–Kier alpha value is -2.18. The van der Waals surface area contributed by atoms with Crippen LogP contribution in [-0.4, -0.2) is 46.1 Å². The summed E-state index contributed by atoms with van der Waals surface area (Å²) in [5.74, 6) is 1.62. The fourth-order valence-electron chi connectivity index (χ4n) is 2.79. The summed E-state index contributed by atoms with van der Waals surface area (Å²) in [6.45, 7) is 1.05. The van der Waals surface area contributed by atoms with Gasteiger partial charge in [0.2, 0.25) is 0 Å². The third-order valence-corrected chi connectivity index (χ3v) is 3.93. The van der Waals surface area contributed by atoms with Gasteiger partial charge in [-0.3, -0.25) is 0 Å². The maximum atomic E-state index is 9.15. The minimum Gasteiger partial charge on any atom is -0.395 e. The van der Waals surface area contributed by atoms with Crippen LogP contribution in [0.1, 0.15) is 0 Å². The fraction of sp³-hybridized carbons (Fsp3) is 0.333. The van der Waals surface area contributed by atoms with Crippen molar-refractivity contribution in [1.29, 1.82) is 0 Å². The maximum Gasteiger partial charge on any atom is 0.107 e. The molecule has 0 radical (unpaired) electrons. The van der Waals surface area contributed by atoms with Crippen LogP contribution in [0.3, 0.4) is 0 Å². The largest absolute Gasteiger partial charge is 0.395 e. The van der Waals surface area contributed by atoms with Gasteiger partial charge in [0.25, 0.3) is 0 Å². The number of anilines is 2. The van der Waals surface area contributed by atoms with Gasteiger partial charge in [-0.25, -0.2) is 0 Å². The Morgan fingerprint density at radius 2 is 1.86 bits per heavy atom. The molecule has 6 nitrogen and oxygen atoms in total. The molecule has 0 aliphatic carbocycles. The molecule has 0 saturated carbocycles. The van der Waals surface area contributed by atoms with Gasteiger partial charge in [-0.1, -0.05) is 0 Å². The first-order valence-electron chi connectivity index (χ1n) is 6.99. The summed E-state index contributed by atoms with van der Waals surface area (Å²) in [5.41, 5.74) is 8.08. The van der Waals surface area contributed by atoms with Crippen molar-refractivity contribution in [2.45, 2.75) is 0 Å². The van der Waals surface area contributed by atoms with E-state index in [9.17, 15) is 0 Å². The van der Waals surface area contributed by atoms with Gasteiger partial charge in [-0.15, -0.1) is 0 Å². The minimum absolute atomic E-state index is 0.0447. The quantitative estimate of drug-likeness (QED) is 0.564. The number of H-pyrrole nitrogens is 1.